The normalized spacial score (nSPS) is 11.7. The number of hydrogen-bond donors (Lipinski definition) is 2. The highest BCUT2D eigenvalue weighted by Crippen LogP contribution is 2.26. The van der Waals surface area contributed by atoms with Crippen LogP contribution in [0.5, 0.6) is 5.75 Å². The molecule has 1 rings (SSSR count). The van der Waals surface area contributed by atoms with Crippen LogP contribution in [0, 0.1) is 11.7 Å². The minimum Gasteiger partial charge on any atom is -0.489 e. The van der Waals surface area contributed by atoms with Crippen LogP contribution >= 0.6 is 12.4 Å². The summed E-state index contributed by atoms with van der Waals surface area (Å²) in [5, 5.41) is 5.62. The Morgan fingerprint density at radius 2 is 2.00 bits per heavy atom. The SMILES string of the molecule is CNCC(C)C(=O)Nc1cc(F)ccc1OC(C)C.Cl. The van der Waals surface area contributed by atoms with Crippen molar-refractivity contribution in [2.45, 2.75) is 26.9 Å². The quantitative estimate of drug-likeness (QED) is 0.849. The Kier molecular flexibility index (Phi) is 8.18. The number of amides is 1. The average Bonchev–Trinajstić information content (AvgIpc) is 2.32. The van der Waals surface area contributed by atoms with Gasteiger partial charge in [-0.05, 0) is 33.0 Å². The second-order valence-corrected chi connectivity index (χ2v) is 4.76. The molecule has 1 unspecified atom stereocenters. The number of benzene rings is 1. The van der Waals surface area contributed by atoms with E-state index in [2.05, 4.69) is 10.6 Å². The number of hydrogen-bond acceptors (Lipinski definition) is 3. The third-order valence-corrected chi connectivity index (χ3v) is 2.52. The van der Waals surface area contributed by atoms with Crippen LogP contribution in [0.1, 0.15) is 20.8 Å². The van der Waals surface area contributed by atoms with Crippen LogP contribution in [-0.2, 0) is 4.79 Å². The molecule has 0 fully saturated rings. The van der Waals surface area contributed by atoms with E-state index in [9.17, 15) is 9.18 Å². The molecule has 1 atom stereocenters. The number of carbonyl (C=O) groups is 1. The van der Waals surface area contributed by atoms with Gasteiger partial charge in [0, 0.05) is 18.5 Å². The summed E-state index contributed by atoms with van der Waals surface area (Å²) in [7, 11) is 1.78. The van der Waals surface area contributed by atoms with Crippen molar-refractivity contribution >= 4 is 24.0 Å². The first-order valence-corrected chi connectivity index (χ1v) is 6.35. The Bertz CT molecular complexity index is 441. The minimum absolute atomic E-state index is 0. The summed E-state index contributed by atoms with van der Waals surface area (Å²) < 4.78 is 18.8. The molecule has 4 nitrogen and oxygen atoms in total. The molecule has 1 amide bonds. The molecule has 0 spiro atoms. The second kappa shape index (κ2) is 8.76. The Balaban J connectivity index is 0.00000361. The van der Waals surface area contributed by atoms with Gasteiger partial charge in [-0.2, -0.15) is 0 Å². The first-order chi connectivity index (χ1) is 8.93. The van der Waals surface area contributed by atoms with E-state index in [1.54, 1.807) is 14.0 Å². The van der Waals surface area contributed by atoms with E-state index < -0.39 is 5.82 Å². The molecule has 6 heteroatoms. The highest BCUT2D eigenvalue weighted by atomic mass is 35.5. The van der Waals surface area contributed by atoms with E-state index in [1.165, 1.54) is 18.2 Å². The molecule has 0 saturated carbocycles. The Labute approximate surface area is 125 Å². The van der Waals surface area contributed by atoms with Crippen LogP contribution in [0.4, 0.5) is 10.1 Å². The predicted octanol–water partition coefficient (Wildman–Crippen LogP) is 2.83. The number of nitrogens with one attached hydrogen (secondary N) is 2. The maximum atomic E-state index is 13.3. The van der Waals surface area contributed by atoms with Crippen molar-refractivity contribution in [1.29, 1.82) is 0 Å². The molecule has 1 aromatic rings. The number of halogens is 2. The number of anilines is 1. The van der Waals surface area contributed by atoms with Gasteiger partial charge < -0.3 is 15.4 Å². The fourth-order valence-electron chi connectivity index (χ4n) is 1.61. The van der Waals surface area contributed by atoms with Crippen molar-refractivity contribution in [3.8, 4) is 5.75 Å². The molecule has 1 aromatic carbocycles. The lowest BCUT2D eigenvalue weighted by Gasteiger charge is -2.17. The van der Waals surface area contributed by atoms with Crippen LogP contribution in [0.15, 0.2) is 18.2 Å². The van der Waals surface area contributed by atoms with Crippen LogP contribution < -0.4 is 15.4 Å². The van der Waals surface area contributed by atoms with Gasteiger partial charge in [0.15, 0.2) is 0 Å². The van der Waals surface area contributed by atoms with Gasteiger partial charge in [-0.25, -0.2) is 4.39 Å². The number of carbonyl (C=O) groups excluding carboxylic acids is 1. The first-order valence-electron chi connectivity index (χ1n) is 6.35. The molecule has 0 aliphatic heterocycles. The van der Waals surface area contributed by atoms with Crippen molar-refractivity contribution in [3.05, 3.63) is 24.0 Å². The lowest BCUT2D eigenvalue weighted by atomic mass is 10.1. The highest BCUT2D eigenvalue weighted by Gasteiger charge is 2.15. The maximum Gasteiger partial charge on any atom is 0.228 e. The van der Waals surface area contributed by atoms with E-state index >= 15 is 0 Å². The molecule has 0 aromatic heterocycles. The van der Waals surface area contributed by atoms with E-state index in [0.717, 1.165) is 0 Å². The van der Waals surface area contributed by atoms with Gasteiger partial charge in [0.05, 0.1) is 11.8 Å². The van der Waals surface area contributed by atoms with E-state index in [-0.39, 0.29) is 30.3 Å². The summed E-state index contributed by atoms with van der Waals surface area (Å²) >= 11 is 0. The second-order valence-electron chi connectivity index (χ2n) is 4.76. The maximum absolute atomic E-state index is 13.3. The fraction of sp³-hybridized carbons (Fsp3) is 0.500. The van der Waals surface area contributed by atoms with E-state index in [4.69, 9.17) is 4.74 Å². The molecule has 20 heavy (non-hydrogen) atoms. The number of rotatable bonds is 6. The lowest BCUT2D eigenvalue weighted by molar-refractivity contribution is -0.119. The zero-order valence-electron chi connectivity index (χ0n) is 12.2. The largest absolute Gasteiger partial charge is 0.489 e. The van der Waals surface area contributed by atoms with Crippen molar-refractivity contribution in [1.82, 2.24) is 5.32 Å². The summed E-state index contributed by atoms with van der Waals surface area (Å²) in [4.78, 5) is 11.9. The Morgan fingerprint density at radius 3 is 2.55 bits per heavy atom. The van der Waals surface area contributed by atoms with Crippen molar-refractivity contribution in [2.75, 3.05) is 18.9 Å². The van der Waals surface area contributed by atoms with Gasteiger partial charge in [0.1, 0.15) is 11.6 Å². The number of ether oxygens (including phenoxy) is 1. The summed E-state index contributed by atoms with van der Waals surface area (Å²) in [5.74, 6) is -0.317. The first kappa shape index (κ1) is 18.7. The van der Waals surface area contributed by atoms with Crippen molar-refractivity contribution < 1.29 is 13.9 Å². The standard InChI is InChI=1S/C14H21FN2O2.ClH/c1-9(2)19-13-6-5-11(15)7-12(13)17-14(18)10(3)8-16-4;/h5-7,9-10,16H,8H2,1-4H3,(H,17,18);1H. The van der Waals surface area contributed by atoms with Crippen LogP contribution in [0.25, 0.3) is 0 Å². The molecule has 0 saturated heterocycles. The monoisotopic (exact) mass is 304 g/mol. The summed E-state index contributed by atoms with van der Waals surface area (Å²) in [5.41, 5.74) is 0.363. The molecular weight excluding hydrogens is 283 g/mol. The van der Waals surface area contributed by atoms with E-state index in [1.807, 2.05) is 13.8 Å². The molecule has 2 N–H and O–H groups in total. The summed E-state index contributed by atoms with van der Waals surface area (Å²) in [6, 6.07) is 4.10. The predicted molar refractivity (Wildman–Crippen MR) is 81.1 cm³/mol. The molecule has 0 bridgehead atoms. The highest BCUT2D eigenvalue weighted by molar-refractivity contribution is 5.93. The average molecular weight is 305 g/mol. The molecular formula is C14H22ClFN2O2. The molecule has 0 aliphatic carbocycles. The van der Waals surface area contributed by atoms with Crippen LogP contribution in [-0.4, -0.2) is 25.6 Å². The van der Waals surface area contributed by atoms with Gasteiger partial charge in [-0.15, -0.1) is 12.4 Å². The lowest BCUT2D eigenvalue weighted by Crippen LogP contribution is -2.28. The van der Waals surface area contributed by atoms with Gasteiger partial charge in [0.25, 0.3) is 0 Å². The zero-order chi connectivity index (χ0) is 14.4. The third kappa shape index (κ3) is 5.75. The Morgan fingerprint density at radius 1 is 1.35 bits per heavy atom. The van der Waals surface area contributed by atoms with Crippen LogP contribution in [0.2, 0.25) is 0 Å². The van der Waals surface area contributed by atoms with Crippen LogP contribution in [0.3, 0.4) is 0 Å². The summed E-state index contributed by atoms with van der Waals surface area (Å²) in [6.07, 6.45) is -0.0455. The topological polar surface area (TPSA) is 50.4 Å². The molecule has 0 radical (unpaired) electrons. The third-order valence-electron chi connectivity index (χ3n) is 2.52. The van der Waals surface area contributed by atoms with Gasteiger partial charge in [-0.1, -0.05) is 6.92 Å². The zero-order valence-corrected chi connectivity index (χ0v) is 13.0. The Hall–Kier alpha value is -1.33. The smallest absolute Gasteiger partial charge is 0.228 e. The fourth-order valence-corrected chi connectivity index (χ4v) is 1.61. The molecule has 0 heterocycles. The van der Waals surface area contributed by atoms with Gasteiger partial charge in [0.2, 0.25) is 5.91 Å². The van der Waals surface area contributed by atoms with Gasteiger partial charge >= 0.3 is 0 Å². The minimum atomic E-state index is -0.410. The van der Waals surface area contributed by atoms with Crippen molar-refractivity contribution in [3.63, 3.8) is 0 Å². The van der Waals surface area contributed by atoms with Gasteiger partial charge in [-0.3, -0.25) is 4.79 Å². The molecule has 114 valence electrons. The molecule has 0 aliphatic rings. The van der Waals surface area contributed by atoms with E-state index in [0.29, 0.717) is 18.0 Å². The van der Waals surface area contributed by atoms with Crippen molar-refractivity contribution in [2.24, 2.45) is 5.92 Å². The summed E-state index contributed by atoms with van der Waals surface area (Å²) in [6.45, 7) is 6.10.